The molecule has 0 radical (unpaired) electrons. The van der Waals surface area contributed by atoms with E-state index in [-0.39, 0.29) is 0 Å². The van der Waals surface area contributed by atoms with Crippen molar-refractivity contribution in [3.63, 3.8) is 0 Å². The van der Waals surface area contributed by atoms with Crippen molar-refractivity contribution in [3.8, 4) is 0 Å². The maximum Gasteiger partial charge on any atom is 0.156 e. The summed E-state index contributed by atoms with van der Waals surface area (Å²) in [6, 6.07) is 0. The van der Waals surface area contributed by atoms with Gasteiger partial charge in [-0.25, -0.2) is 0 Å². The van der Waals surface area contributed by atoms with Crippen molar-refractivity contribution in [2.24, 2.45) is 16.3 Å². The van der Waals surface area contributed by atoms with E-state index in [1.165, 1.54) is 30.9 Å². The number of rotatable bonds is 3. The highest BCUT2D eigenvalue weighted by molar-refractivity contribution is 8.14. The number of amidine groups is 1. The van der Waals surface area contributed by atoms with E-state index in [1.807, 2.05) is 11.8 Å². The van der Waals surface area contributed by atoms with Crippen molar-refractivity contribution in [1.82, 2.24) is 5.32 Å². The Labute approximate surface area is 104 Å². The minimum Gasteiger partial charge on any atom is -0.364 e. The quantitative estimate of drug-likeness (QED) is 0.818. The summed E-state index contributed by atoms with van der Waals surface area (Å²) in [5.74, 6) is 0.732. The lowest BCUT2D eigenvalue weighted by Crippen LogP contribution is -2.32. The first-order chi connectivity index (χ1) is 7.59. The van der Waals surface area contributed by atoms with E-state index in [9.17, 15) is 0 Å². The Hall–Kier alpha value is -0.180. The van der Waals surface area contributed by atoms with Crippen molar-refractivity contribution in [2.75, 3.05) is 13.1 Å². The highest BCUT2D eigenvalue weighted by Crippen LogP contribution is 2.37. The molecule has 16 heavy (non-hydrogen) atoms. The van der Waals surface area contributed by atoms with Crippen molar-refractivity contribution in [3.05, 3.63) is 0 Å². The maximum atomic E-state index is 4.60. The molecule has 1 aliphatic heterocycles. The summed E-state index contributed by atoms with van der Waals surface area (Å²) in [5.41, 5.74) is 0.527. The van der Waals surface area contributed by atoms with Crippen LogP contribution in [0.25, 0.3) is 0 Å². The van der Waals surface area contributed by atoms with Crippen molar-refractivity contribution in [2.45, 2.75) is 51.7 Å². The summed E-state index contributed by atoms with van der Waals surface area (Å²) < 4.78 is 0. The smallest absolute Gasteiger partial charge is 0.156 e. The zero-order valence-corrected chi connectivity index (χ0v) is 11.6. The van der Waals surface area contributed by atoms with Gasteiger partial charge in [0.15, 0.2) is 5.17 Å². The van der Waals surface area contributed by atoms with E-state index in [4.69, 9.17) is 0 Å². The van der Waals surface area contributed by atoms with Gasteiger partial charge >= 0.3 is 0 Å². The molecule has 0 aromatic rings. The molecule has 2 nitrogen and oxygen atoms in total. The second-order valence-corrected chi connectivity index (χ2v) is 7.15. The minimum atomic E-state index is 0.527. The van der Waals surface area contributed by atoms with Crippen LogP contribution in [0.15, 0.2) is 4.99 Å². The number of nitrogens with one attached hydrogen (secondary N) is 1. The van der Waals surface area contributed by atoms with Gasteiger partial charge in [0.2, 0.25) is 0 Å². The topological polar surface area (TPSA) is 24.4 Å². The van der Waals surface area contributed by atoms with Crippen LogP contribution in [0.4, 0.5) is 0 Å². The molecule has 0 spiro atoms. The molecule has 2 aliphatic rings. The predicted octanol–water partition coefficient (Wildman–Crippen LogP) is 3.28. The van der Waals surface area contributed by atoms with Gasteiger partial charge in [-0.05, 0) is 24.2 Å². The number of hydrogen-bond donors (Lipinski definition) is 1. The summed E-state index contributed by atoms with van der Waals surface area (Å²) in [6.45, 7) is 9.10. The van der Waals surface area contributed by atoms with E-state index in [0.717, 1.165) is 19.0 Å². The number of hydrogen-bond acceptors (Lipinski definition) is 3. The number of thioether (sulfide) groups is 1. The lowest BCUT2D eigenvalue weighted by atomic mass is 9.89. The monoisotopic (exact) mass is 240 g/mol. The molecule has 1 aliphatic carbocycles. The molecule has 0 aromatic carbocycles. The molecule has 92 valence electrons. The van der Waals surface area contributed by atoms with Gasteiger partial charge in [0, 0.05) is 11.8 Å². The second-order valence-electron chi connectivity index (χ2n) is 5.92. The summed E-state index contributed by atoms with van der Waals surface area (Å²) in [7, 11) is 0. The van der Waals surface area contributed by atoms with Crippen LogP contribution in [0.1, 0.15) is 46.5 Å². The molecule has 0 saturated heterocycles. The fourth-order valence-corrected chi connectivity index (χ4v) is 3.54. The molecule has 0 amide bonds. The van der Waals surface area contributed by atoms with Crippen LogP contribution in [0.3, 0.4) is 0 Å². The van der Waals surface area contributed by atoms with Gasteiger partial charge in [0.25, 0.3) is 0 Å². The van der Waals surface area contributed by atoms with Gasteiger partial charge in [-0.3, -0.25) is 4.99 Å². The largest absolute Gasteiger partial charge is 0.364 e. The van der Waals surface area contributed by atoms with Crippen molar-refractivity contribution in [1.29, 1.82) is 0 Å². The van der Waals surface area contributed by atoms with E-state index in [1.54, 1.807) is 0 Å². The van der Waals surface area contributed by atoms with Crippen molar-refractivity contribution >= 4 is 16.9 Å². The molecular formula is C13H24N2S. The van der Waals surface area contributed by atoms with Crippen LogP contribution in [0, 0.1) is 11.3 Å². The zero-order chi connectivity index (χ0) is 11.6. The predicted molar refractivity (Wildman–Crippen MR) is 73.1 cm³/mol. The highest BCUT2D eigenvalue weighted by Gasteiger charge is 2.30. The Balaban J connectivity index is 1.75. The lowest BCUT2D eigenvalue weighted by Gasteiger charge is -2.24. The van der Waals surface area contributed by atoms with Gasteiger partial charge in [-0.2, -0.15) is 0 Å². The number of aliphatic imine (C=N–C) groups is 1. The van der Waals surface area contributed by atoms with Crippen LogP contribution in [-0.2, 0) is 0 Å². The standard InChI is InChI=1S/C13H24N2S/c1-10(2)11-8-14-12(16-11)15-9-13(3)6-4-5-7-13/h10-11H,4-9H2,1-3H3,(H,14,15). The van der Waals surface area contributed by atoms with Crippen LogP contribution in [-0.4, -0.2) is 23.5 Å². The van der Waals surface area contributed by atoms with Crippen LogP contribution in [0.2, 0.25) is 0 Å². The Morgan fingerprint density at radius 1 is 1.44 bits per heavy atom. The highest BCUT2D eigenvalue weighted by atomic mass is 32.2. The van der Waals surface area contributed by atoms with E-state index < -0.39 is 0 Å². The Morgan fingerprint density at radius 3 is 2.69 bits per heavy atom. The third kappa shape index (κ3) is 2.93. The Morgan fingerprint density at radius 2 is 2.12 bits per heavy atom. The Kier molecular flexibility index (Phi) is 3.83. The van der Waals surface area contributed by atoms with E-state index in [0.29, 0.717) is 10.7 Å². The first-order valence-corrected chi connectivity index (χ1v) is 7.42. The molecule has 0 bridgehead atoms. The summed E-state index contributed by atoms with van der Waals surface area (Å²) in [4.78, 5) is 4.60. The van der Waals surface area contributed by atoms with Gasteiger partial charge in [0.1, 0.15) is 0 Å². The van der Waals surface area contributed by atoms with E-state index in [2.05, 4.69) is 31.1 Å². The van der Waals surface area contributed by atoms with Crippen LogP contribution >= 0.6 is 11.8 Å². The van der Waals surface area contributed by atoms with Gasteiger partial charge in [0.05, 0.1) is 6.54 Å². The second kappa shape index (κ2) is 4.99. The average molecular weight is 240 g/mol. The van der Waals surface area contributed by atoms with Crippen molar-refractivity contribution < 1.29 is 0 Å². The molecule has 1 N–H and O–H groups in total. The third-order valence-corrected chi connectivity index (χ3v) is 5.39. The fourth-order valence-electron chi connectivity index (χ4n) is 2.53. The summed E-state index contributed by atoms with van der Waals surface area (Å²) >= 11 is 1.94. The lowest BCUT2D eigenvalue weighted by molar-refractivity contribution is 0.336. The number of nitrogens with zero attached hydrogens (tertiary/aromatic N) is 1. The first kappa shape index (κ1) is 12.3. The van der Waals surface area contributed by atoms with E-state index >= 15 is 0 Å². The molecule has 1 saturated carbocycles. The maximum absolute atomic E-state index is 4.60. The van der Waals surface area contributed by atoms with Gasteiger partial charge in [-0.15, -0.1) is 0 Å². The Bertz CT molecular complexity index is 267. The van der Waals surface area contributed by atoms with Crippen LogP contribution in [0.5, 0.6) is 0 Å². The normalized spacial score (nSPS) is 28.5. The molecule has 2 rings (SSSR count). The van der Waals surface area contributed by atoms with Crippen LogP contribution < -0.4 is 5.32 Å². The summed E-state index contributed by atoms with van der Waals surface area (Å²) in [6.07, 6.45) is 5.58. The molecule has 1 heterocycles. The van der Waals surface area contributed by atoms with Gasteiger partial charge in [-0.1, -0.05) is 45.4 Å². The minimum absolute atomic E-state index is 0.527. The third-order valence-electron chi connectivity index (χ3n) is 3.90. The molecule has 1 unspecified atom stereocenters. The molecule has 3 heteroatoms. The molecule has 0 aromatic heterocycles. The average Bonchev–Trinajstić information content (AvgIpc) is 2.84. The zero-order valence-electron chi connectivity index (χ0n) is 10.8. The summed E-state index contributed by atoms with van der Waals surface area (Å²) in [5, 5.41) is 5.44. The first-order valence-electron chi connectivity index (χ1n) is 6.54. The SMILES string of the molecule is CC(C)C1CN=C(NCC2(C)CCCC2)S1. The molecule has 1 fully saturated rings. The molecular weight excluding hydrogens is 216 g/mol. The van der Waals surface area contributed by atoms with Gasteiger partial charge < -0.3 is 5.32 Å². The fraction of sp³-hybridized carbons (Fsp3) is 0.923. The molecule has 1 atom stereocenters.